The molecule has 0 N–H and O–H groups in total. The number of halogens is 3. The van der Waals surface area contributed by atoms with Crippen molar-refractivity contribution < 1.29 is 13.2 Å². The van der Waals surface area contributed by atoms with Crippen LogP contribution < -0.4 is 9.80 Å². The average molecular weight is 389 g/mol. The van der Waals surface area contributed by atoms with Crippen LogP contribution in [0, 0.1) is 6.92 Å². The zero-order valence-electron chi connectivity index (χ0n) is 15.1. The van der Waals surface area contributed by atoms with Gasteiger partial charge in [-0.25, -0.2) is 19.9 Å². The highest BCUT2D eigenvalue weighted by Crippen LogP contribution is 2.30. The molecule has 10 heteroatoms. The molecular formula is C18H18F3N7. The van der Waals surface area contributed by atoms with Crippen molar-refractivity contribution in [3.8, 4) is 5.82 Å². The first-order valence-electron chi connectivity index (χ1n) is 8.78. The number of aromatic nitrogens is 5. The monoisotopic (exact) mass is 389 g/mol. The average Bonchev–Trinajstić information content (AvgIpc) is 3.22. The van der Waals surface area contributed by atoms with Gasteiger partial charge in [0, 0.05) is 44.6 Å². The second kappa shape index (κ2) is 7.10. The Bertz CT molecular complexity index is 948. The lowest BCUT2D eigenvalue weighted by Gasteiger charge is -2.36. The maximum Gasteiger partial charge on any atom is 0.433 e. The van der Waals surface area contributed by atoms with Gasteiger partial charge in [-0.2, -0.15) is 13.2 Å². The molecule has 0 aliphatic carbocycles. The number of alkyl halides is 3. The molecule has 0 radical (unpaired) electrons. The Kier molecular flexibility index (Phi) is 4.62. The van der Waals surface area contributed by atoms with Crippen LogP contribution in [0.15, 0.2) is 43.0 Å². The van der Waals surface area contributed by atoms with Crippen LogP contribution in [0.1, 0.15) is 11.5 Å². The Labute approximate surface area is 159 Å². The van der Waals surface area contributed by atoms with Crippen molar-refractivity contribution in [2.24, 2.45) is 0 Å². The second-order valence-electron chi connectivity index (χ2n) is 6.45. The van der Waals surface area contributed by atoms with E-state index in [0.717, 1.165) is 17.7 Å². The van der Waals surface area contributed by atoms with Crippen LogP contribution in [0.4, 0.5) is 24.8 Å². The van der Waals surface area contributed by atoms with Gasteiger partial charge in [0.1, 0.15) is 35.3 Å². The molecular weight excluding hydrogens is 371 g/mol. The minimum absolute atomic E-state index is 0.113. The lowest BCUT2D eigenvalue weighted by Crippen LogP contribution is -2.47. The maximum absolute atomic E-state index is 13.0. The molecule has 1 aliphatic rings. The molecule has 3 aromatic rings. The summed E-state index contributed by atoms with van der Waals surface area (Å²) >= 11 is 0. The van der Waals surface area contributed by atoms with Crippen LogP contribution in [0.5, 0.6) is 0 Å². The highest BCUT2D eigenvalue weighted by Gasteiger charge is 2.34. The lowest BCUT2D eigenvalue weighted by atomic mass is 10.2. The van der Waals surface area contributed by atoms with E-state index in [9.17, 15) is 13.2 Å². The normalized spacial score (nSPS) is 15.1. The first-order chi connectivity index (χ1) is 13.4. The standard InChI is InChI=1S/C18H18F3N7/c1-13-23-14(18(19,20)21)11-17(24-13)27-9-7-26(8-10-27)15-3-2-4-16(25-15)28-6-5-22-12-28/h2-6,11-12H,7-10H2,1H3. The molecule has 1 fully saturated rings. The Morgan fingerprint density at radius 2 is 1.57 bits per heavy atom. The number of nitrogens with zero attached hydrogens (tertiary/aromatic N) is 7. The Hall–Kier alpha value is -3.17. The SMILES string of the molecule is Cc1nc(N2CCN(c3cccc(-n4ccnc4)n3)CC2)cc(C(F)(F)F)n1. The van der Waals surface area contributed by atoms with E-state index in [1.807, 2.05) is 33.9 Å². The Morgan fingerprint density at radius 1 is 0.893 bits per heavy atom. The van der Waals surface area contributed by atoms with E-state index in [0.29, 0.717) is 32.0 Å². The van der Waals surface area contributed by atoms with Crippen molar-refractivity contribution in [1.82, 2.24) is 24.5 Å². The largest absolute Gasteiger partial charge is 0.433 e. The number of rotatable bonds is 3. The number of pyridine rings is 1. The van der Waals surface area contributed by atoms with Gasteiger partial charge in [0.15, 0.2) is 0 Å². The second-order valence-corrected chi connectivity index (χ2v) is 6.45. The quantitative estimate of drug-likeness (QED) is 0.687. The van der Waals surface area contributed by atoms with Crippen molar-refractivity contribution >= 4 is 11.6 Å². The minimum Gasteiger partial charge on any atom is -0.353 e. The van der Waals surface area contributed by atoms with E-state index in [1.165, 1.54) is 6.92 Å². The van der Waals surface area contributed by atoms with E-state index in [-0.39, 0.29) is 5.82 Å². The van der Waals surface area contributed by atoms with Gasteiger partial charge in [-0.15, -0.1) is 0 Å². The number of imidazole rings is 1. The van der Waals surface area contributed by atoms with Crippen molar-refractivity contribution in [3.05, 3.63) is 54.5 Å². The summed E-state index contributed by atoms with van der Waals surface area (Å²) in [6, 6.07) is 6.75. The summed E-state index contributed by atoms with van der Waals surface area (Å²) in [6.45, 7) is 3.82. The highest BCUT2D eigenvalue weighted by atomic mass is 19.4. The van der Waals surface area contributed by atoms with Gasteiger partial charge in [-0.1, -0.05) is 6.07 Å². The van der Waals surface area contributed by atoms with Gasteiger partial charge in [-0.3, -0.25) is 4.57 Å². The highest BCUT2D eigenvalue weighted by molar-refractivity contribution is 5.47. The predicted molar refractivity (Wildman–Crippen MR) is 97.6 cm³/mol. The fourth-order valence-corrected chi connectivity index (χ4v) is 3.15. The van der Waals surface area contributed by atoms with Crippen LogP contribution in [0.25, 0.3) is 5.82 Å². The van der Waals surface area contributed by atoms with Gasteiger partial charge >= 0.3 is 6.18 Å². The maximum atomic E-state index is 13.0. The molecule has 0 aromatic carbocycles. The third kappa shape index (κ3) is 3.75. The van der Waals surface area contributed by atoms with E-state index in [2.05, 4.69) is 24.8 Å². The molecule has 1 saturated heterocycles. The van der Waals surface area contributed by atoms with Crippen LogP contribution in [0.2, 0.25) is 0 Å². The van der Waals surface area contributed by atoms with Gasteiger partial charge in [0.2, 0.25) is 0 Å². The van der Waals surface area contributed by atoms with Crippen LogP contribution >= 0.6 is 0 Å². The van der Waals surface area contributed by atoms with Crippen molar-refractivity contribution in [2.45, 2.75) is 13.1 Å². The predicted octanol–water partition coefficient (Wildman–Crippen LogP) is 2.71. The Balaban J connectivity index is 1.48. The van der Waals surface area contributed by atoms with Gasteiger partial charge in [0.05, 0.1) is 0 Å². The summed E-state index contributed by atoms with van der Waals surface area (Å²) in [6.07, 6.45) is 0.702. The van der Waals surface area contributed by atoms with E-state index in [4.69, 9.17) is 0 Å². The number of piperazine rings is 1. The molecule has 0 spiro atoms. The summed E-state index contributed by atoms with van der Waals surface area (Å²) in [5, 5.41) is 0. The molecule has 7 nitrogen and oxygen atoms in total. The first kappa shape index (κ1) is 18.2. The zero-order valence-corrected chi connectivity index (χ0v) is 15.1. The zero-order chi connectivity index (χ0) is 19.7. The summed E-state index contributed by atoms with van der Waals surface area (Å²) in [5.41, 5.74) is -0.910. The van der Waals surface area contributed by atoms with Crippen LogP contribution in [0.3, 0.4) is 0 Å². The smallest absolute Gasteiger partial charge is 0.353 e. The molecule has 4 heterocycles. The van der Waals surface area contributed by atoms with Crippen molar-refractivity contribution in [2.75, 3.05) is 36.0 Å². The molecule has 0 bridgehead atoms. The summed E-state index contributed by atoms with van der Waals surface area (Å²) < 4.78 is 40.9. The topological polar surface area (TPSA) is 63.0 Å². The lowest BCUT2D eigenvalue weighted by molar-refractivity contribution is -0.141. The molecule has 4 rings (SSSR count). The van der Waals surface area contributed by atoms with E-state index < -0.39 is 11.9 Å². The Morgan fingerprint density at radius 3 is 2.21 bits per heavy atom. The number of anilines is 2. The fraction of sp³-hybridized carbons (Fsp3) is 0.333. The van der Waals surface area contributed by atoms with Gasteiger partial charge < -0.3 is 9.80 Å². The number of hydrogen-bond donors (Lipinski definition) is 0. The summed E-state index contributed by atoms with van der Waals surface area (Å²) in [7, 11) is 0. The van der Waals surface area contributed by atoms with E-state index in [1.54, 1.807) is 12.5 Å². The molecule has 3 aromatic heterocycles. The van der Waals surface area contributed by atoms with Crippen molar-refractivity contribution in [3.63, 3.8) is 0 Å². The molecule has 0 atom stereocenters. The molecule has 28 heavy (non-hydrogen) atoms. The summed E-state index contributed by atoms with van der Waals surface area (Å²) in [5.74, 6) is 2.00. The van der Waals surface area contributed by atoms with Crippen LogP contribution in [-0.2, 0) is 6.18 Å². The molecule has 1 aliphatic heterocycles. The van der Waals surface area contributed by atoms with E-state index >= 15 is 0 Å². The molecule has 0 amide bonds. The molecule has 0 saturated carbocycles. The van der Waals surface area contributed by atoms with Crippen molar-refractivity contribution in [1.29, 1.82) is 0 Å². The van der Waals surface area contributed by atoms with Gasteiger partial charge in [-0.05, 0) is 19.1 Å². The first-order valence-corrected chi connectivity index (χ1v) is 8.78. The molecule has 146 valence electrons. The summed E-state index contributed by atoms with van der Waals surface area (Å²) in [4.78, 5) is 20.3. The van der Waals surface area contributed by atoms with Gasteiger partial charge in [0.25, 0.3) is 0 Å². The fourth-order valence-electron chi connectivity index (χ4n) is 3.15. The van der Waals surface area contributed by atoms with Crippen LogP contribution in [-0.4, -0.2) is 50.7 Å². The molecule has 0 unspecified atom stereocenters. The third-order valence-electron chi connectivity index (χ3n) is 4.53. The third-order valence-corrected chi connectivity index (χ3v) is 4.53. The number of aryl methyl sites for hydroxylation is 1. The minimum atomic E-state index is -4.48. The number of hydrogen-bond acceptors (Lipinski definition) is 6.